The van der Waals surface area contributed by atoms with Crippen LogP contribution in [0.4, 0.5) is 0 Å². The van der Waals surface area contributed by atoms with E-state index in [4.69, 9.17) is 14.2 Å². The maximum atomic E-state index is 12.7. The molecule has 0 aliphatic carbocycles. The summed E-state index contributed by atoms with van der Waals surface area (Å²) in [6.07, 6.45) is 0. The van der Waals surface area contributed by atoms with Crippen molar-refractivity contribution in [3.63, 3.8) is 0 Å². The lowest BCUT2D eigenvalue weighted by atomic mass is 9.96. The van der Waals surface area contributed by atoms with Gasteiger partial charge in [-0.15, -0.1) is 0 Å². The first-order valence-electron chi connectivity index (χ1n) is 10.2. The lowest BCUT2D eigenvalue weighted by Crippen LogP contribution is -2.57. The van der Waals surface area contributed by atoms with Gasteiger partial charge in [0.2, 0.25) is 5.91 Å². The van der Waals surface area contributed by atoms with Gasteiger partial charge in [0, 0.05) is 0 Å². The molecule has 2 N–H and O–H groups in total. The van der Waals surface area contributed by atoms with Gasteiger partial charge in [0.15, 0.2) is 0 Å². The summed E-state index contributed by atoms with van der Waals surface area (Å²) in [5.74, 6) is 0.816. The zero-order valence-electron chi connectivity index (χ0n) is 18.8. The Hall–Kier alpha value is -3.06. The van der Waals surface area contributed by atoms with E-state index < -0.39 is 11.5 Å². The maximum Gasteiger partial charge on any atom is 0.329 e. The molecule has 0 saturated carbocycles. The van der Waals surface area contributed by atoms with Gasteiger partial charge in [-0.3, -0.25) is 10.1 Å². The summed E-state index contributed by atoms with van der Waals surface area (Å²) in [5, 5.41) is 6.04. The van der Waals surface area contributed by atoms with Crippen LogP contribution in [0.25, 0.3) is 0 Å². The average Bonchev–Trinajstić information content (AvgIpc) is 2.80. The molecule has 7 nitrogen and oxygen atoms in total. The smallest absolute Gasteiger partial charge is 0.329 e. The number of methoxy groups -OCH3 is 2. The number of carbonyl (C=O) groups excluding carboxylic acids is 2. The third-order valence-electron chi connectivity index (χ3n) is 5.00. The summed E-state index contributed by atoms with van der Waals surface area (Å²) >= 11 is 0. The highest BCUT2D eigenvalue weighted by Gasteiger charge is 2.36. The summed E-state index contributed by atoms with van der Waals surface area (Å²) in [7, 11) is 2.92. The van der Waals surface area contributed by atoms with Gasteiger partial charge < -0.3 is 19.5 Å². The molecule has 1 amide bonds. The van der Waals surface area contributed by atoms with Crippen molar-refractivity contribution in [1.29, 1.82) is 0 Å². The quantitative estimate of drug-likeness (QED) is 0.535. The van der Waals surface area contributed by atoms with Crippen molar-refractivity contribution < 1.29 is 23.8 Å². The number of rotatable bonds is 11. The molecule has 0 radical (unpaired) electrons. The van der Waals surface area contributed by atoms with Gasteiger partial charge in [0.1, 0.15) is 23.6 Å². The Labute approximate surface area is 184 Å². The van der Waals surface area contributed by atoms with Crippen molar-refractivity contribution in [3.8, 4) is 11.5 Å². The van der Waals surface area contributed by atoms with Crippen LogP contribution in [0.2, 0.25) is 0 Å². The second-order valence-electron chi connectivity index (χ2n) is 7.84. The molecule has 2 atom stereocenters. The zero-order valence-corrected chi connectivity index (χ0v) is 18.8. The predicted octanol–water partition coefficient (Wildman–Crippen LogP) is 3.11. The van der Waals surface area contributed by atoms with Crippen molar-refractivity contribution in [2.24, 2.45) is 5.92 Å². The first-order valence-corrected chi connectivity index (χ1v) is 10.2. The molecule has 31 heavy (non-hydrogen) atoms. The predicted molar refractivity (Wildman–Crippen MR) is 119 cm³/mol. The largest absolute Gasteiger partial charge is 0.497 e. The Bertz CT molecular complexity index is 839. The summed E-state index contributed by atoms with van der Waals surface area (Å²) in [6.45, 7) is 5.67. The van der Waals surface area contributed by atoms with E-state index in [1.807, 2.05) is 56.3 Å². The molecular weight excluding hydrogens is 396 g/mol. The molecule has 2 aromatic rings. The number of amides is 1. The minimum atomic E-state index is -1.19. The van der Waals surface area contributed by atoms with E-state index >= 15 is 0 Å². The van der Waals surface area contributed by atoms with E-state index in [0.29, 0.717) is 5.75 Å². The Balaban J connectivity index is 2.01. The number of carbonyl (C=O) groups is 2. The molecule has 0 heterocycles. The van der Waals surface area contributed by atoms with Gasteiger partial charge in [0.25, 0.3) is 0 Å². The van der Waals surface area contributed by atoms with Gasteiger partial charge in [-0.1, -0.05) is 44.2 Å². The van der Waals surface area contributed by atoms with E-state index in [2.05, 4.69) is 10.6 Å². The van der Waals surface area contributed by atoms with Gasteiger partial charge in [-0.2, -0.15) is 0 Å². The number of ether oxygens (including phenoxy) is 3. The van der Waals surface area contributed by atoms with Gasteiger partial charge >= 0.3 is 5.97 Å². The van der Waals surface area contributed by atoms with E-state index in [0.717, 1.165) is 11.3 Å². The maximum absolute atomic E-state index is 12.7. The van der Waals surface area contributed by atoms with E-state index in [-0.39, 0.29) is 31.0 Å². The normalized spacial score (nSPS) is 13.7. The second kappa shape index (κ2) is 11.4. The average molecular weight is 429 g/mol. The van der Waals surface area contributed by atoms with Gasteiger partial charge in [0.05, 0.1) is 26.8 Å². The van der Waals surface area contributed by atoms with Crippen LogP contribution < -0.4 is 20.1 Å². The number of nitrogens with one attached hydrogen (secondary N) is 2. The van der Waals surface area contributed by atoms with Crippen LogP contribution in [-0.4, -0.2) is 44.8 Å². The molecular formula is C24H32N2O5. The molecule has 0 bridgehead atoms. The zero-order chi connectivity index (χ0) is 22.9. The van der Waals surface area contributed by atoms with E-state index in [1.165, 1.54) is 7.11 Å². The SMILES string of the molecule is COC(=O)C(C)(COc1ccccc1)NCC(=O)NC(c1ccc(OC)cc1)C(C)C. The fourth-order valence-corrected chi connectivity index (χ4v) is 3.10. The number of para-hydroxylation sites is 1. The minimum absolute atomic E-state index is 0.0169. The van der Waals surface area contributed by atoms with Gasteiger partial charge in [-0.05, 0) is 42.7 Å². The highest BCUT2D eigenvalue weighted by molar-refractivity contribution is 5.83. The van der Waals surface area contributed by atoms with Crippen molar-refractivity contribution >= 4 is 11.9 Å². The fourth-order valence-electron chi connectivity index (χ4n) is 3.10. The summed E-state index contributed by atoms with van der Waals surface area (Å²) in [5.41, 5.74) is -0.206. The van der Waals surface area contributed by atoms with Crippen LogP contribution in [0.15, 0.2) is 54.6 Å². The number of hydrogen-bond acceptors (Lipinski definition) is 6. The van der Waals surface area contributed by atoms with E-state index in [1.54, 1.807) is 26.2 Å². The highest BCUT2D eigenvalue weighted by atomic mass is 16.5. The third kappa shape index (κ3) is 7.00. The Morgan fingerprint density at radius 3 is 2.16 bits per heavy atom. The summed E-state index contributed by atoms with van der Waals surface area (Å²) in [6, 6.07) is 16.6. The van der Waals surface area contributed by atoms with Crippen LogP contribution in [0.1, 0.15) is 32.4 Å². The fraction of sp³-hybridized carbons (Fsp3) is 0.417. The number of esters is 1. The minimum Gasteiger partial charge on any atom is -0.497 e. The lowest BCUT2D eigenvalue weighted by Gasteiger charge is -2.29. The molecule has 7 heteroatoms. The highest BCUT2D eigenvalue weighted by Crippen LogP contribution is 2.24. The van der Waals surface area contributed by atoms with Crippen LogP contribution in [0.5, 0.6) is 11.5 Å². The molecule has 0 fully saturated rings. The number of benzene rings is 2. The van der Waals surface area contributed by atoms with Crippen molar-refractivity contribution in [1.82, 2.24) is 10.6 Å². The molecule has 0 saturated heterocycles. The van der Waals surface area contributed by atoms with Crippen molar-refractivity contribution in [3.05, 3.63) is 60.2 Å². The standard InChI is InChI=1S/C24H32N2O5/c1-17(2)22(18-11-13-19(29-4)14-12-18)26-21(27)15-25-24(3,23(28)30-5)16-31-20-9-7-6-8-10-20/h6-14,17,22,25H,15-16H2,1-5H3,(H,26,27). The molecule has 168 valence electrons. The third-order valence-corrected chi connectivity index (χ3v) is 5.00. The first-order chi connectivity index (χ1) is 14.8. The van der Waals surface area contributed by atoms with Gasteiger partial charge in [-0.25, -0.2) is 4.79 Å². The van der Waals surface area contributed by atoms with E-state index in [9.17, 15) is 9.59 Å². The van der Waals surface area contributed by atoms with Crippen LogP contribution in [-0.2, 0) is 14.3 Å². The molecule has 2 rings (SSSR count). The Morgan fingerprint density at radius 2 is 1.61 bits per heavy atom. The van der Waals surface area contributed by atoms with Crippen LogP contribution in [0.3, 0.4) is 0 Å². The monoisotopic (exact) mass is 428 g/mol. The van der Waals surface area contributed by atoms with Crippen LogP contribution in [0, 0.1) is 5.92 Å². The molecule has 0 spiro atoms. The van der Waals surface area contributed by atoms with Crippen molar-refractivity contribution in [2.45, 2.75) is 32.4 Å². The molecule has 0 aromatic heterocycles. The summed E-state index contributed by atoms with van der Waals surface area (Å²) < 4.78 is 15.9. The van der Waals surface area contributed by atoms with Crippen LogP contribution >= 0.6 is 0 Å². The molecule has 0 aliphatic heterocycles. The first kappa shape index (κ1) is 24.2. The lowest BCUT2D eigenvalue weighted by molar-refractivity contribution is -0.149. The van der Waals surface area contributed by atoms with Crippen molar-refractivity contribution in [2.75, 3.05) is 27.4 Å². The number of hydrogen-bond donors (Lipinski definition) is 2. The molecule has 2 aromatic carbocycles. The molecule has 0 aliphatic rings. The molecule has 2 unspecified atom stereocenters. The second-order valence-corrected chi connectivity index (χ2v) is 7.84. The summed E-state index contributed by atoms with van der Waals surface area (Å²) in [4.78, 5) is 25.1. The Kier molecular flexibility index (Phi) is 8.88. The topological polar surface area (TPSA) is 85.9 Å². The Morgan fingerprint density at radius 1 is 0.968 bits per heavy atom.